The average molecular weight is 342 g/mol. The maximum Gasteiger partial charge on any atom is 0.323 e. The zero-order valence-corrected chi connectivity index (χ0v) is 14.8. The molecule has 0 unspecified atom stereocenters. The topological polar surface area (TPSA) is 61.6 Å². The average Bonchev–Trinajstić information content (AvgIpc) is 2.54. The van der Waals surface area contributed by atoms with Crippen LogP contribution in [0.5, 0.6) is 5.75 Å². The van der Waals surface area contributed by atoms with Crippen molar-refractivity contribution in [2.24, 2.45) is 11.7 Å². The first-order chi connectivity index (χ1) is 10.6. The largest absolute Gasteiger partial charge is 0.486 e. The van der Waals surface area contributed by atoms with Crippen LogP contribution >= 0.6 is 12.4 Å². The summed E-state index contributed by atoms with van der Waals surface area (Å²) in [6.45, 7) is 3.55. The van der Waals surface area contributed by atoms with Crippen LogP contribution < -0.4 is 10.5 Å². The van der Waals surface area contributed by atoms with Gasteiger partial charge in [-0.15, -0.1) is 12.4 Å². The van der Waals surface area contributed by atoms with E-state index in [4.69, 9.17) is 15.2 Å². The highest BCUT2D eigenvalue weighted by atomic mass is 35.5. The van der Waals surface area contributed by atoms with Crippen LogP contribution in [0.3, 0.4) is 0 Å². The SMILES string of the molecule is C[C@H](N)C(=O)O[C@@H](C)[C@H](Oc1ccccc1)C1CCCCC1.Cl. The predicted molar refractivity (Wildman–Crippen MR) is 93.9 cm³/mol. The van der Waals surface area contributed by atoms with E-state index in [-0.39, 0.29) is 30.6 Å². The second-order valence-electron chi connectivity index (χ2n) is 6.22. The summed E-state index contributed by atoms with van der Waals surface area (Å²) < 4.78 is 11.7. The highest BCUT2D eigenvalue weighted by molar-refractivity contribution is 5.85. The van der Waals surface area contributed by atoms with Crippen molar-refractivity contribution in [3.05, 3.63) is 30.3 Å². The Morgan fingerprint density at radius 1 is 1.13 bits per heavy atom. The fourth-order valence-electron chi connectivity index (χ4n) is 3.05. The molecule has 130 valence electrons. The van der Waals surface area contributed by atoms with E-state index >= 15 is 0 Å². The molecule has 5 heteroatoms. The Morgan fingerprint density at radius 2 is 1.74 bits per heavy atom. The van der Waals surface area contributed by atoms with Crippen molar-refractivity contribution in [1.82, 2.24) is 0 Å². The molecule has 4 nitrogen and oxygen atoms in total. The molecule has 3 atom stereocenters. The van der Waals surface area contributed by atoms with Crippen LogP contribution in [0.4, 0.5) is 0 Å². The number of hydrogen-bond acceptors (Lipinski definition) is 4. The number of nitrogens with two attached hydrogens (primary N) is 1. The molecular weight excluding hydrogens is 314 g/mol. The maximum atomic E-state index is 11.8. The summed E-state index contributed by atoms with van der Waals surface area (Å²) >= 11 is 0. The van der Waals surface area contributed by atoms with Gasteiger partial charge in [0.25, 0.3) is 0 Å². The molecule has 2 rings (SSSR count). The summed E-state index contributed by atoms with van der Waals surface area (Å²) in [5.74, 6) is 0.872. The number of carbonyl (C=O) groups excluding carboxylic acids is 1. The predicted octanol–water partition coefficient (Wildman–Crippen LogP) is 3.72. The van der Waals surface area contributed by atoms with Gasteiger partial charge in [-0.2, -0.15) is 0 Å². The number of halogens is 1. The quantitative estimate of drug-likeness (QED) is 0.801. The van der Waals surface area contributed by atoms with Gasteiger partial charge < -0.3 is 15.2 Å². The molecule has 23 heavy (non-hydrogen) atoms. The molecule has 1 aromatic rings. The van der Waals surface area contributed by atoms with E-state index in [1.54, 1.807) is 6.92 Å². The zero-order valence-electron chi connectivity index (χ0n) is 13.9. The molecule has 0 aliphatic heterocycles. The third kappa shape index (κ3) is 6.04. The Kier molecular flexibility index (Phi) is 8.42. The maximum absolute atomic E-state index is 11.8. The minimum atomic E-state index is -0.605. The van der Waals surface area contributed by atoms with E-state index in [0.29, 0.717) is 5.92 Å². The Hall–Kier alpha value is -1.26. The first-order valence-corrected chi connectivity index (χ1v) is 8.25. The van der Waals surface area contributed by atoms with E-state index < -0.39 is 6.04 Å². The van der Waals surface area contributed by atoms with E-state index in [2.05, 4.69) is 0 Å². The van der Waals surface area contributed by atoms with Crippen molar-refractivity contribution in [3.63, 3.8) is 0 Å². The van der Waals surface area contributed by atoms with Crippen LogP contribution in [0.25, 0.3) is 0 Å². The van der Waals surface area contributed by atoms with Crippen molar-refractivity contribution in [3.8, 4) is 5.75 Å². The van der Waals surface area contributed by atoms with Gasteiger partial charge in [-0.1, -0.05) is 37.5 Å². The molecule has 1 saturated carbocycles. The highest BCUT2D eigenvalue weighted by Gasteiger charge is 2.32. The molecular formula is C18H28ClNO3. The molecule has 0 amide bonds. The van der Waals surface area contributed by atoms with Gasteiger partial charge in [-0.3, -0.25) is 4.79 Å². The Balaban J connectivity index is 0.00000264. The molecule has 0 bridgehead atoms. The molecule has 2 N–H and O–H groups in total. The van der Waals surface area contributed by atoms with Crippen LogP contribution in [0, 0.1) is 5.92 Å². The van der Waals surface area contributed by atoms with Crippen molar-refractivity contribution in [2.75, 3.05) is 0 Å². The van der Waals surface area contributed by atoms with Crippen LogP contribution in [0.2, 0.25) is 0 Å². The van der Waals surface area contributed by atoms with Gasteiger partial charge >= 0.3 is 5.97 Å². The monoisotopic (exact) mass is 341 g/mol. The normalized spacial score (nSPS) is 19.1. The molecule has 1 aliphatic carbocycles. The van der Waals surface area contributed by atoms with Gasteiger partial charge in [-0.05, 0) is 44.7 Å². The van der Waals surface area contributed by atoms with Gasteiger partial charge in [0, 0.05) is 0 Å². The van der Waals surface area contributed by atoms with E-state index in [9.17, 15) is 4.79 Å². The van der Waals surface area contributed by atoms with E-state index in [1.807, 2.05) is 37.3 Å². The number of esters is 1. The molecule has 1 fully saturated rings. The van der Waals surface area contributed by atoms with Crippen molar-refractivity contribution >= 4 is 18.4 Å². The number of para-hydroxylation sites is 1. The zero-order chi connectivity index (χ0) is 15.9. The molecule has 0 spiro atoms. The van der Waals surface area contributed by atoms with Gasteiger partial charge in [0.2, 0.25) is 0 Å². The van der Waals surface area contributed by atoms with Crippen molar-refractivity contribution in [1.29, 1.82) is 0 Å². The number of rotatable bonds is 6. The third-order valence-electron chi connectivity index (χ3n) is 4.27. The minimum Gasteiger partial charge on any atom is -0.486 e. The number of benzene rings is 1. The smallest absolute Gasteiger partial charge is 0.323 e. The lowest BCUT2D eigenvalue weighted by molar-refractivity contribution is -0.156. The summed E-state index contributed by atoms with van der Waals surface area (Å²) in [4.78, 5) is 11.8. The van der Waals surface area contributed by atoms with Crippen LogP contribution in [-0.2, 0) is 9.53 Å². The summed E-state index contributed by atoms with van der Waals surface area (Å²) in [7, 11) is 0. The Labute approximate surface area is 145 Å². The fraction of sp³-hybridized carbons (Fsp3) is 0.611. The van der Waals surface area contributed by atoms with Crippen molar-refractivity contribution < 1.29 is 14.3 Å². The van der Waals surface area contributed by atoms with Gasteiger partial charge in [0.1, 0.15) is 24.0 Å². The molecule has 0 radical (unpaired) electrons. The second-order valence-corrected chi connectivity index (χ2v) is 6.22. The van der Waals surface area contributed by atoms with E-state index in [1.165, 1.54) is 19.3 Å². The lowest BCUT2D eigenvalue weighted by Gasteiger charge is -2.34. The molecule has 1 aliphatic rings. The summed E-state index contributed by atoms with van der Waals surface area (Å²) in [6, 6.07) is 9.14. The summed E-state index contributed by atoms with van der Waals surface area (Å²) in [6.07, 6.45) is 5.53. The second kappa shape index (κ2) is 9.78. The lowest BCUT2D eigenvalue weighted by Crippen LogP contribution is -2.43. The Morgan fingerprint density at radius 3 is 2.30 bits per heavy atom. The lowest BCUT2D eigenvalue weighted by atomic mass is 9.83. The Bertz CT molecular complexity index is 461. The van der Waals surface area contributed by atoms with Crippen molar-refractivity contribution in [2.45, 2.75) is 64.2 Å². The molecule has 0 saturated heterocycles. The molecule has 1 aromatic carbocycles. The van der Waals surface area contributed by atoms with Gasteiger partial charge in [0.05, 0.1) is 0 Å². The highest BCUT2D eigenvalue weighted by Crippen LogP contribution is 2.31. The molecule has 0 heterocycles. The summed E-state index contributed by atoms with van der Waals surface area (Å²) in [5, 5.41) is 0. The molecule has 0 aromatic heterocycles. The van der Waals surface area contributed by atoms with Crippen LogP contribution in [-0.4, -0.2) is 24.2 Å². The standard InChI is InChI=1S/C18H27NO3.ClH/c1-13(19)18(20)21-14(2)17(15-9-5-3-6-10-15)22-16-11-7-4-8-12-16;/h4,7-8,11-15,17H,3,5-6,9-10,19H2,1-2H3;1H/t13-,14-,17-;/m0./s1. The first kappa shape index (κ1) is 19.8. The van der Waals surface area contributed by atoms with Gasteiger partial charge in [-0.25, -0.2) is 0 Å². The first-order valence-electron chi connectivity index (χ1n) is 8.25. The number of carbonyl (C=O) groups is 1. The van der Waals surface area contributed by atoms with Crippen LogP contribution in [0.1, 0.15) is 46.0 Å². The summed E-state index contributed by atoms with van der Waals surface area (Å²) in [5.41, 5.74) is 5.60. The van der Waals surface area contributed by atoms with E-state index in [0.717, 1.165) is 18.6 Å². The third-order valence-corrected chi connectivity index (χ3v) is 4.27. The number of hydrogen-bond donors (Lipinski definition) is 1. The minimum absolute atomic E-state index is 0. The van der Waals surface area contributed by atoms with Gasteiger partial charge in [0.15, 0.2) is 0 Å². The fourth-order valence-corrected chi connectivity index (χ4v) is 3.05. The number of ether oxygens (including phenoxy) is 2. The van der Waals surface area contributed by atoms with Crippen LogP contribution in [0.15, 0.2) is 30.3 Å².